The zero-order valence-electron chi connectivity index (χ0n) is 27.3. The average Bonchev–Trinajstić information content (AvgIpc) is 3.24. The van der Waals surface area contributed by atoms with Gasteiger partial charge in [-0.25, -0.2) is 4.79 Å². The van der Waals surface area contributed by atoms with Crippen LogP contribution in [0.5, 0.6) is 5.75 Å². The first-order valence-corrected chi connectivity index (χ1v) is 16.4. The van der Waals surface area contributed by atoms with E-state index in [4.69, 9.17) is 14.2 Å². The molecule has 236 valence electrons. The van der Waals surface area contributed by atoms with E-state index in [9.17, 15) is 4.79 Å². The summed E-state index contributed by atoms with van der Waals surface area (Å²) < 4.78 is 16.7. The summed E-state index contributed by atoms with van der Waals surface area (Å²) in [6.45, 7) is 5.73. The maximum atomic E-state index is 12.1. The van der Waals surface area contributed by atoms with Crippen molar-refractivity contribution in [3.05, 3.63) is 136 Å². The van der Waals surface area contributed by atoms with Crippen molar-refractivity contribution in [2.45, 2.75) is 64.5 Å². The van der Waals surface area contributed by atoms with Crippen LogP contribution >= 0.6 is 0 Å². The molecule has 4 aromatic carbocycles. The Hall–Kier alpha value is -3.93. The SMILES string of the molecule is CCOC(=O)C(Cc1ccc(OCCN(C)C2c3cc(CC)ccc3CCc3c(CCc4ccccc4)cccc32)cc1)OC. The summed E-state index contributed by atoms with van der Waals surface area (Å²) >= 11 is 0. The van der Waals surface area contributed by atoms with Crippen molar-refractivity contribution in [2.24, 2.45) is 0 Å². The molecule has 0 aromatic heterocycles. The van der Waals surface area contributed by atoms with Gasteiger partial charge >= 0.3 is 5.97 Å². The van der Waals surface area contributed by atoms with Crippen LogP contribution in [0.1, 0.15) is 64.4 Å². The number of hydrogen-bond donors (Lipinski definition) is 0. The van der Waals surface area contributed by atoms with Crippen LogP contribution in [0.3, 0.4) is 0 Å². The highest BCUT2D eigenvalue weighted by Crippen LogP contribution is 2.38. The molecule has 45 heavy (non-hydrogen) atoms. The van der Waals surface area contributed by atoms with E-state index in [1.54, 1.807) is 6.92 Å². The van der Waals surface area contributed by atoms with Crippen LogP contribution in [0, 0.1) is 0 Å². The average molecular weight is 606 g/mol. The molecule has 0 heterocycles. The van der Waals surface area contributed by atoms with E-state index in [2.05, 4.69) is 85.6 Å². The normalized spacial score (nSPS) is 14.7. The molecule has 0 N–H and O–H groups in total. The Morgan fingerprint density at radius 3 is 2.36 bits per heavy atom. The summed E-state index contributed by atoms with van der Waals surface area (Å²) in [7, 11) is 3.76. The van der Waals surface area contributed by atoms with Gasteiger partial charge in [-0.2, -0.15) is 0 Å². The lowest BCUT2D eigenvalue weighted by Gasteiger charge is -2.31. The van der Waals surface area contributed by atoms with E-state index in [1.165, 1.54) is 46.1 Å². The molecule has 1 aliphatic rings. The standard InChI is InChI=1S/C40H47NO4/c1-5-29-15-19-33-21-24-35-32(20-16-30-11-8-7-9-12-30)13-10-14-36(35)39(37(33)27-29)41(3)25-26-45-34-22-17-31(18-23-34)28-38(43-4)40(42)44-6-2/h7-15,17-19,22-23,27,38-39H,5-6,16,20-21,24-26,28H2,1-4H3. The molecule has 5 heteroatoms. The topological polar surface area (TPSA) is 48.0 Å². The number of likely N-dealkylation sites (N-methyl/N-ethyl adjacent to an activating group) is 1. The Morgan fingerprint density at radius 1 is 0.844 bits per heavy atom. The third-order valence-electron chi connectivity index (χ3n) is 9.02. The molecule has 2 atom stereocenters. The summed E-state index contributed by atoms with van der Waals surface area (Å²) in [6.07, 6.45) is 5.09. The van der Waals surface area contributed by atoms with E-state index in [0.717, 1.165) is 50.0 Å². The highest BCUT2D eigenvalue weighted by molar-refractivity contribution is 5.75. The van der Waals surface area contributed by atoms with Crippen LogP contribution in [0.25, 0.3) is 0 Å². The van der Waals surface area contributed by atoms with Gasteiger partial charge in [-0.15, -0.1) is 0 Å². The lowest BCUT2D eigenvalue weighted by atomic mass is 9.89. The fourth-order valence-electron chi connectivity index (χ4n) is 6.49. The minimum Gasteiger partial charge on any atom is -0.492 e. The number of hydrogen-bond acceptors (Lipinski definition) is 5. The monoisotopic (exact) mass is 605 g/mol. The largest absolute Gasteiger partial charge is 0.492 e. The molecule has 0 aliphatic heterocycles. The van der Waals surface area contributed by atoms with E-state index in [1.807, 2.05) is 24.3 Å². The second-order valence-corrected chi connectivity index (χ2v) is 11.9. The summed E-state index contributed by atoms with van der Waals surface area (Å²) in [5.74, 6) is 0.481. The third kappa shape index (κ3) is 8.22. The Labute approximate surface area is 269 Å². The second kappa shape index (κ2) is 15.9. The van der Waals surface area contributed by atoms with Crippen molar-refractivity contribution in [1.82, 2.24) is 4.90 Å². The number of carbonyl (C=O) groups excluding carboxylic acids is 1. The van der Waals surface area contributed by atoms with Crippen LogP contribution in [-0.2, 0) is 52.8 Å². The van der Waals surface area contributed by atoms with Crippen LogP contribution < -0.4 is 4.74 Å². The minimum absolute atomic E-state index is 0.167. The Balaban J connectivity index is 1.31. The molecule has 0 fully saturated rings. The van der Waals surface area contributed by atoms with E-state index in [-0.39, 0.29) is 12.0 Å². The lowest BCUT2D eigenvalue weighted by Crippen LogP contribution is -2.30. The van der Waals surface area contributed by atoms with Gasteiger partial charge in [0.1, 0.15) is 12.4 Å². The molecular formula is C40H47NO4. The first-order valence-electron chi connectivity index (χ1n) is 16.4. The van der Waals surface area contributed by atoms with E-state index < -0.39 is 6.10 Å². The maximum absolute atomic E-state index is 12.1. The minimum atomic E-state index is -0.609. The maximum Gasteiger partial charge on any atom is 0.335 e. The molecule has 0 radical (unpaired) electrons. The van der Waals surface area contributed by atoms with Crippen LogP contribution in [0.15, 0.2) is 91.0 Å². The lowest BCUT2D eigenvalue weighted by molar-refractivity contribution is -0.154. The van der Waals surface area contributed by atoms with Gasteiger partial charge in [0.25, 0.3) is 0 Å². The first kappa shape index (κ1) is 32.5. The molecule has 4 aromatic rings. The number of ether oxygens (including phenoxy) is 3. The Kier molecular flexibility index (Phi) is 11.5. The van der Waals surface area contributed by atoms with Crippen molar-refractivity contribution in [3.63, 3.8) is 0 Å². The number of esters is 1. The van der Waals surface area contributed by atoms with Crippen LogP contribution in [-0.4, -0.2) is 50.9 Å². The molecule has 1 aliphatic carbocycles. The zero-order valence-corrected chi connectivity index (χ0v) is 27.3. The molecular weight excluding hydrogens is 558 g/mol. The summed E-state index contributed by atoms with van der Waals surface area (Å²) in [6, 6.07) is 32.9. The van der Waals surface area contributed by atoms with Crippen molar-refractivity contribution < 1.29 is 19.0 Å². The highest BCUT2D eigenvalue weighted by Gasteiger charge is 2.28. The Bertz CT molecular complexity index is 1530. The quantitative estimate of drug-likeness (QED) is 0.141. The van der Waals surface area contributed by atoms with Crippen LogP contribution in [0.4, 0.5) is 0 Å². The van der Waals surface area contributed by atoms with Gasteiger partial charge in [0, 0.05) is 20.1 Å². The highest BCUT2D eigenvalue weighted by atomic mass is 16.6. The van der Waals surface area contributed by atoms with Crippen LogP contribution in [0.2, 0.25) is 0 Å². The number of nitrogens with zero attached hydrogens (tertiary/aromatic N) is 1. The molecule has 0 bridgehead atoms. The smallest absolute Gasteiger partial charge is 0.335 e. The number of fused-ring (bicyclic) bond motifs is 2. The Morgan fingerprint density at radius 2 is 1.62 bits per heavy atom. The van der Waals surface area contributed by atoms with Crippen molar-refractivity contribution in [3.8, 4) is 5.75 Å². The van der Waals surface area contributed by atoms with Gasteiger partial charge in [0.15, 0.2) is 6.10 Å². The second-order valence-electron chi connectivity index (χ2n) is 11.9. The fourth-order valence-corrected chi connectivity index (χ4v) is 6.49. The van der Waals surface area contributed by atoms with Gasteiger partial charge in [-0.05, 0) is 103 Å². The molecule has 0 saturated carbocycles. The summed E-state index contributed by atoms with van der Waals surface area (Å²) in [5, 5.41) is 0. The van der Waals surface area contributed by atoms with Gasteiger partial charge in [0.2, 0.25) is 0 Å². The van der Waals surface area contributed by atoms with Gasteiger partial charge in [-0.3, -0.25) is 4.90 Å². The molecule has 0 saturated heterocycles. The van der Waals surface area contributed by atoms with Gasteiger partial charge in [0.05, 0.1) is 12.6 Å². The molecule has 5 rings (SSSR count). The van der Waals surface area contributed by atoms with E-state index >= 15 is 0 Å². The summed E-state index contributed by atoms with van der Waals surface area (Å²) in [5.41, 5.74) is 11.0. The number of rotatable bonds is 14. The van der Waals surface area contributed by atoms with Crippen molar-refractivity contribution in [2.75, 3.05) is 33.9 Å². The predicted molar refractivity (Wildman–Crippen MR) is 181 cm³/mol. The summed E-state index contributed by atoms with van der Waals surface area (Å²) in [4.78, 5) is 14.6. The predicted octanol–water partition coefficient (Wildman–Crippen LogP) is 7.35. The molecule has 2 unspecified atom stereocenters. The zero-order chi connectivity index (χ0) is 31.6. The van der Waals surface area contributed by atoms with Gasteiger partial charge in [-0.1, -0.05) is 85.8 Å². The van der Waals surface area contributed by atoms with Crippen molar-refractivity contribution >= 4 is 5.97 Å². The van der Waals surface area contributed by atoms with E-state index in [0.29, 0.717) is 19.6 Å². The van der Waals surface area contributed by atoms with Crippen molar-refractivity contribution in [1.29, 1.82) is 0 Å². The number of methoxy groups -OCH3 is 1. The first-order chi connectivity index (χ1) is 22.0. The molecule has 5 nitrogen and oxygen atoms in total. The molecule has 0 amide bonds. The third-order valence-corrected chi connectivity index (χ3v) is 9.02. The molecule has 0 spiro atoms. The number of aryl methyl sites for hydroxylation is 4. The number of benzene rings is 4. The number of carbonyl (C=O) groups is 1. The fraction of sp³-hybridized carbons (Fsp3) is 0.375. The van der Waals surface area contributed by atoms with Gasteiger partial charge < -0.3 is 14.2 Å².